The number of Topliss-reactive ketones (excluding diaryl/α,β-unsaturated/α-hetero) is 1. The van der Waals surface area contributed by atoms with Crippen LogP contribution in [-0.4, -0.2) is 15.3 Å². The molecule has 0 atom stereocenters. The van der Waals surface area contributed by atoms with Crippen LogP contribution < -0.4 is 0 Å². The Hall–Kier alpha value is -1.72. The lowest BCUT2D eigenvalue weighted by atomic mass is 10.1. The van der Waals surface area contributed by atoms with E-state index in [1.807, 2.05) is 48.2 Å². The van der Waals surface area contributed by atoms with Gasteiger partial charge in [0.1, 0.15) is 5.82 Å². The molecule has 0 saturated heterocycles. The van der Waals surface area contributed by atoms with Crippen molar-refractivity contribution in [1.82, 2.24) is 9.55 Å². The maximum absolute atomic E-state index is 12.4. The molecule has 0 aromatic carbocycles. The normalized spacial score (nSPS) is 10.9. The van der Waals surface area contributed by atoms with E-state index in [1.165, 1.54) is 4.88 Å². The maximum Gasteiger partial charge on any atom is 0.183 e. The third-order valence-electron chi connectivity index (χ3n) is 3.11. The predicted octanol–water partition coefficient (Wildman–Crippen LogP) is 4.17. The van der Waals surface area contributed by atoms with Gasteiger partial charge in [-0.3, -0.25) is 4.79 Å². The van der Waals surface area contributed by atoms with Crippen LogP contribution in [0.25, 0.3) is 10.7 Å². The van der Waals surface area contributed by atoms with E-state index >= 15 is 0 Å². The summed E-state index contributed by atoms with van der Waals surface area (Å²) < 4.78 is 1.92. The van der Waals surface area contributed by atoms with Crippen LogP contribution in [0.5, 0.6) is 0 Å². The lowest BCUT2D eigenvalue weighted by Gasteiger charge is -2.05. The van der Waals surface area contributed by atoms with Crippen molar-refractivity contribution in [3.05, 3.63) is 51.3 Å². The number of nitrogens with zero attached hydrogens (tertiary/aromatic N) is 2. The van der Waals surface area contributed by atoms with E-state index in [9.17, 15) is 4.79 Å². The molecule has 102 valence electrons. The SMILES string of the molecule is Cc1cc(C(=O)Cn2ccnc2-c2cccs2)c(C)s1. The largest absolute Gasteiger partial charge is 0.323 e. The van der Waals surface area contributed by atoms with Gasteiger partial charge in [0.25, 0.3) is 0 Å². The summed E-state index contributed by atoms with van der Waals surface area (Å²) in [6, 6.07) is 5.99. The average molecular weight is 302 g/mol. The minimum absolute atomic E-state index is 0.141. The van der Waals surface area contributed by atoms with Gasteiger partial charge in [0.05, 0.1) is 11.4 Å². The highest BCUT2D eigenvalue weighted by molar-refractivity contribution is 7.13. The van der Waals surface area contributed by atoms with Crippen LogP contribution in [0.4, 0.5) is 0 Å². The van der Waals surface area contributed by atoms with Crippen LogP contribution in [0.15, 0.2) is 36.0 Å². The third-order valence-corrected chi connectivity index (χ3v) is 4.94. The second-order valence-electron chi connectivity index (χ2n) is 4.61. The van der Waals surface area contributed by atoms with Gasteiger partial charge in [-0.2, -0.15) is 0 Å². The van der Waals surface area contributed by atoms with Crippen molar-refractivity contribution in [3.63, 3.8) is 0 Å². The number of hydrogen-bond acceptors (Lipinski definition) is 4. The highest BCUT2D eigenvalue weighted by Gasteiger charge is 2.15. The average Bonchev–Trinajstić information content (AvgIpc) is 3.09. The molecule has 0 N–H and O–H groups in total. The van der Waals surface area contributed by atoms with Gasteiger partial charge in [-0.25, -0.2) is 4.98 Å². The van der Waals surface area contributed by atoms with Crippen LogP contribution in [-0.2, 0) is 6.54 Å². The zero-order valence-corrected chi connectivity index (χ0v) is 12.9. The van der Waals surface area contributed by atoms with E-state index in [0.717, 1.165) is 21.1 Å². The second-order valence-corrected chi connectivity index (χ2v) is 7.01. The molecule has 0 unspecified atom stereocenters. The van der Waals surface area contributed by atoms with E-state index in [0.29, 0.717) is 6.54 Å². The number of hydrogen-bond donors (Lipinski definition) is 0. The van der Waals surface area contributed by atoms with Gasteiger partial charge in [-0.05, 0) is 31.4 Å². The van der Waals surface area contributed by atoms with E-state index in [2.05, 4.69) is 4.98 Å². The predicted molar refractivity (Wildman–Crippen MR) is 83.7 cm³/mol. The molecule has 3 heterocycles. The van der Waals surface area contributed by atoms with Gasteiger partial charge >= 0.3 is 0 Å². The van der Waals surface area contributed by atoms with Crippen molar-refractivity contribution < 1.29 is 4.79 Å². The summed E-state index contributed by atoms with van der Waals surface area (Å²) in [6.45, 7) is 4.37. The summed E-state index contributed by atoms with van der Waals surface area (Å²) in [5.41, 5.74) is 0.832. The fourth-order valence-corrected chi connectivity index (χ4v) is 3.89. The Morgan fingerprint density at radius 1 is 1.40 bits per heavy atom. The minimum Gasteiger partial charge on any atom is -0.323 e. The highest BCUT2D eigenvalue weighted by Crippen LogP contribution is 2.25. The molecule has 20 heavy (non-hydrogen) atoms. The number of carbonyl (C=O) groups is 1. The van der Waals surface area contributed by atoms with Gasteiger partial charge < -0.3 is 4.57 Å². The number of carbonyl (C=O) groups excluding carboxylic acids is 1. The first-order valence-corrected chi connectivity index (χ1v) is 8.00. The fourth-order valence-electron chi connectivity index (χ4n) is 2.22. The molecule has 0 amide bonds. The molecule has 0 aliphatic heterocycles. The van der Waals surface area contributed by atoms with Crippen molar-refractivity contribution in [3.8, 4) is 10.7 Å². The summed E-state index contributed by atoms with van der Waals surface area (Å²) >= 11 is 3.30. The van der Waals surface area contributed by atoms with E-state index < -0.39 is 0 Å². The van der Waals surface area contributed by atoms with Crippen LogP contribution >= 0.6 is 22.7 Å². The Balaban J connectivity index is 1.87. The van der Waals surface area contributed by atoms with E-state index in [-0.39, 0.29) is 5.78 Å². The lowest BCUT2D eigenvalue weighted by molar-refractivity contribution is 0.0972. The van der Waals surface area contributed by atoms with E-state index in [4.69, 9.17) is 0 Å². The first-order valence-electron chi connectivity index (χ1n) is 6.30. The zero-order chi connectivity index (χ0) is 14.1. The molecular weight excluding hydrogens is 288 g/mol. The first kappa shape index (κ1) is 13.3. The Bertz CT molecular complexity index is 738. The molecule has 3 nitrogen and oxygen atoms in total. The molecule has 3 rings (SSSR count). The van der Waals surface area contributed by atoms with Gasteiger partial charge in [-0.15, -0.1) is 22.7 Å². The van der Waals surface area contributed by atoms with Gasteiger partial charge in [-0.1, -0.05) is 6.07 Å². The Morgan fingerprint density at radius 2 is 2.25 bits per heavy atom. The van der Waals surface area contributed by atoms with Gasteiger partial charge in [0.2, 0.25) is 0 Å². The summed E-state index contributed by atoms with van der Waals surface area (Å²) in [7, 11) is 0. The molecular formula is C15H14N2OS2. The number of thiophene rings is 2. The molecule has 3 aromatic heterocycles. The quantitative estimate of drug-likeness (QED) is 0.678. The Kier molecular flexibility index (Phi) is 3.54. The summed E-state index contributed by atoms with van der Waals surface area (Å²) in [5, 5.41) is 2.02. The van der Waals surface area contributed by atoms with Crippen LogP contribution in [0.1, 0.15) is 20.1 Å². The molecule has 0 fully saturated rings. The zero-order valence-electron chi connectivity index (χ0n) is 11.3. The molecule has 0 bridgehead atoms. The number of aryl methyl sites for hydroxylation is 2. The number of ketones is 1. The Labute approximate surface area is 125 Å². The fraction of sp³-hybridized carbons (Fsp3) is 0.200. The Morgan fingerprint density at radius 3 is 2.90 bits per heavy atom. The summed E-state index contributed by atoms with van der Waals surface area (Å²) in [5.74, 6) is 1.00. The van der Waals surface area contributed by atoms with Crippen LogP contribution in [0.2, 0.25) is 0 Å². The molecule has 0 saturated carbocycles. The third kappa shape index (κ3) is 2.46. The minimum atomic E-state index is 0.141. The molecule has 0 radical (unpaired) electrons. The maximum atomic E-state index is 12.4. The molecule has 5 heteroatoms. The highest BCUT2D eigenvalue weighted by atomic mass is 32.1. The van der Waals surface area contributed by atoms with E-state index in [1.54, 1.807) is 28.9 Å². The van der Waals surface area contributed by atoms with Crippen molar-refractivity contribution in [2.45, 2.75) is 20.4 Å². The first-order chi connectivity index (χ1) is 9.65. The lowest BCUT2D eigenvalue weighted by Crippen LogP contribution is -2.10. The van der Waals surface area contributed by atoms with Gasteiger partial charge in [0, 0.05) is 27.7 Å². The number of aromatic nitrogens is 2. The van der Waals surface area contributed by atoms with Gasteiger partial charge in [0.15, 0.2) is 5.78 Å². The number of imidazole rings is 1. The molecule has 0 aliphatic carbocycles. The molecule has 0 aliphatic rings. The standard InChI is InChI=1S/C15H14N2OS2/c1-10-8-12(11(2)20-10)13(18)9-17-6-5-16-15(17)14-4-3-7-19-14/h3-8H,9H2,1-2H3. The van der Waals surface area contributed by atoms with Crippen molar-refractivity contribution in [2.24, 2.45) is 0 Å². The molecule has 0 spiro atoms. The summed E-state index contributed by atoms with van der Waals surface area (Å²) in [4.78, 5) is 20.1. The summed E-state index contributed by atoms with van der Waals surface area (Å²) in [6.07, 6.45) is 3.61. The topological polar surface area (TPSA) is 34.9 Å². The second kappa shape index (κ2) is 5.34. The van der Waals surface area contributed by atoms with Crippen molar-refractivity contribution in [2.75, 3.05) is 0 Å². The number of rotatable bonds is 4. The molecule has 3 aromatic rings. The monoisotopic (exact) mass is 302 g/mol. The van der Waals surface area contributed by atoms with Crippen LogP contribution in [0, 0.1) is 13.8 Å². The van der Waals surface area contributed by atoms with Crippen molar-refractivity contribution >= 4 is 28.5 Å². The van der Waals surface area contributed by atoms with Crippen LogP contribution in [0.3, 0.4) is 0 Å². The van der Waals surface area contributed by atoms with Crippen molar-refractivity contribution in [1.29, 1.82) is 0 Å². The smallest absolute Gasteiger partial charge is 0.183 e.